The van der Waals surface area contributed by atoms with Gasteiger partial charge in [-0.2, -0.15) is 13.2 Å². The van der Waals surface area contributed by atoms with Crippen LogP contribution < -0.4 is 0 Å². The summed E-state index contributed by atoms with van der Waals surface area (Å²) in [5.74, 6) is 2.32. The maximum absolute atomic E-state index is 14.1. The van der Waals surface area contributed by atoms with Gasteiger partial charge in [0.2, 0.25) is 0 Å². The van der Waals surface area contributed by atoms with Gasteiger partial charge in [-0.05, 0) is 56.9 Å². The maximum atomic E-state index is 14.1. The zero-order valence-corrected chi connectivity index (χ0v) is 19.8. The molecule has 1 N–H and O–H groups in total. The molecule has 7 nitrogen and oxygen atoms in total. The topological polar surface area (TPSA) is 78.0 Å². The molecule has 5 aliphatic rings. The molecule has 2 saturated heterocycles. The van der Waals surface area contributed by atoms with Gasteiger partial charge in [0.1, 0.15) is 17.5 Å². The fourth-order valence-electron chi connectivity index (χ4n) is 7.06. The molecule has 0 aromatic carbocycles. The molecule has 0 atom stereocenters. The number of rotatable bonds is 4. The van der Waals surface area contributed by atoms with Crippen LogP contribution in [0.5, 0.6) is 0 Å². The van der Waals surface area contributed by atoms with Gasteiger partial charge in [0, 0.05) is 55.0 Å². The van der Waals surface area contributed by atoms with Crippen molar-refractivity contribution in [3.63, 3.8) is 0 Å². The van der Waals surface area contributed by atoms with Crippen molar-refractivity contribution in [3.8, 4) is 0 Å². The Morgan fingerprint density at radius 3 is 2.11 bits per heavy atom. The van der Waals surface area contributed by atoms with Crippen LogP contribution in [0.25, 0.3) is 0 Å². The van der Waals surface area contributed by atoms with Crippen LogP contribution in [0.1, 0.15) is 73.3 Å². The molecule has 192 valence electrons. The number of likely N-dealkylation sites (tertiary alicyclic amines) is 2. The van der Waals surface area contributed by atoms with Gasteiger partial charge in [-0.1, -0.05) is 0 Å². The van der Waals surface area contributed by atoms with Gasteiger partial charge in [-0.15, -0.1) is 10.2 Å². The first-order chi connectivity index (χ1) is 17.1. The van der Waals surface area contributed by atoms with Crippen molar-refractivity contribution in [2.75, 3.05) is 26.2 Å². The van der Waals surface area contributed by atoms with Crippen LogP contribution in [0.15, 0.2) is 12.3 Å². The highest BCUT2D eigenvalue weighted by Crippen LogP contribution is 2.57. The van der Waals surface area contributed by atoms with E-state index in [4.69, 9.17) is 0 Å². The number of pyridine rings is 1. The van der Waals surface area contributed by atoms with Crippen molar-refractivity contribution in [3.05, 3.63) is 41.0 Å². The van der Waals surface area contributed by atoms with E-state index in [1.165, 1.54) is 12.8 Å². The molecule has 11 heteroatoms. The van der Waals surface area contributed by atoms with Crippen LogP contribution in [0.4, 0.5) is 22.4 Å². The normalized spacial score (nSPS) is 24.9. The number of carbonyl (C=O) groups excluding carboxylic acids is 1. The van der Waals surface area contributed by atoms with E-state index in [0.717, 1.165) is 50.4 Å². The lowest BCUT2D eigenvalue weighted by Crippen LogP contribution is -2.71. The van der Waals surface area contributed by atoms with Crippen LogP contribution in [-0.2, 0) is 12.6 Å². The summed E-state index contributed by atoms with van der Waals surface area (Å²) in [5.41, 5.74) is -0.657. The second-order valence-corrected chi connectivity index (χ2v) is 12.1. The quantitative estimate of drug-likeness (QED) is 0.623. The number of nitrogens with zero attached hydrogens (tertiary/aromatic N) is 5. The van der Waals surface area contributed by atoms with E-state index in [-0.39, 0.29) is 28.5 Å². The third kappa shape index (κ3) is 3.68. The Bertz CT molecular complexity index is 1200. The van der Waals surface area contributed by atoms with E-state index in [2.05, 4.69) is 20.2 Å². The van der Waals surface area contributed by atoms with Gasteiger partial charge in [-0.25, -0.2) is 9.18 Å². The molecule has 2 amide bonds. The molecule has 2 spiro atoms. The minimum absolute atomic E-state index is 0.0817. The highest BCUT2D eigenvalue weighted by molar-refractivity contribution is 5.77. The zero-order valence-electron chi connectivity index (χ0n) is 19.8. The highest BCUT2D eigenvalue weighted by Gasteiger charge is 2.58. The van der Waals surface area contributed by atoms with E-state index in [9.17, 15) is 22.4 Å². The number of halogens is 4. The lowest BCUT2D eigenvalue weighted by Gasteiger charge is -2.63. The van der Waals surface area contributed by atoms with Crippen LogP contribution in [0.2, 0.25) is 0 Å². The number of amides is 2. The minimum atomic E-state index is -4.60. The standard InChI is InChI=1S/C25H28F4N6O/c26-18-4-17(25(27,28)29)9-30-19(18)3-14-5-23(6-14)10-34(11-23)22(36)35-12-24(13-35)7-16(8-24)21-31-20(32-33-21)15-1-2-15/h4,9,14-16H,1-3,5-8,10-13H2,(H,31,32,33). The Kier molecular flexibility index (Phi) is 4.63. The van der Waals surface area contributed by atoms with Gasteiger partial charge in [0.25, 0.3) is 0 Å². The second kappa shape index (κ2) is 7.41. The summed E-state index contributed by atoms with van der Waals surface area (Å²) in [5, 5.41) is 8.64. The van der Waals surface area contributed by atoms with Gasteiger partial charge in [0.15, 0.2) is 0 Å². The molecule has 3 saturated carbocycles. The van der Waals surface area contributed by atoms with Crippen LogP contribution in [0, 0.1) is 22.6 Å². The van der Waals surface area contributed by atoms with Crippen molar-refractivity contribution < 1.29 is 22.4 Å². The fraction of sp³-hybridized carbons (Fsp3) is 0.680. The van der Waals surface area contributed by atoms with Crippen molar-refractivity contribution in [1.29, 1.82) is 0 Å². The largest absolute Gasteiger partial charge is 0.417 e. The number of alkyl halides is 3. The molecular weight excluding hydrogens is 476 g/mol. The van der Waals surface area contributed by atoms with E-state index >= 15 is 0 Å². The molecule has 2 aromatic heterocycles. The van der Waals surface area contributed by atoms with E-state index in [1.54, 1.807) is 0 Å². The molecule has 4 heterocycles. The fourth-order valence-corrected chi connectivity index (χ4v) is 7.06. The van der Waals surface area contributed by atoms with E-state index in [0.29, 0.717) is 43.6 Å². The summed E-state index contributed by atoms with van der Waals surface area (Å²) in [4.78, 5) is 23.9. The third-order valence-electron chi connectivity index (χ3n) is 9.05. The predicted molar refractivity (Wildman–Crippen MR) is 119 cm³/mol. The van der Waals surface area contributed by atoms with Crippen molar-refractivity contribution in [2.45, 2.75) is 63.0 Å². The lowest BCUT2D eigenvalue weighted by molar-refractivity contribution is -0.138. The number of nitrogens with one attached hydrogen (secondary N) is 1. The van der Waals surface area contributed by atoms with Crippen LogP contribution in [-0.4, -0.2) is 62.2 Å². The Hall–Kier alpha value is -2.72. The second-order valence-electron chi connectivity index (χ2n) is 12.1. The number of aromatic nitrogens is 4. The number of hydrogen-bond acceptors (Lipinski definition) is 4. The summed E-state index contributed by atoms with van der Waals surface area (Å²) < 4.78 is 52.3. The van der Waals surface area contributed by atoms with Crippen LogP contribution in [0.3, 0.4) is 0 Å². The summed E-state index contributed by atoms with van der Waals surface area (Å²) in [7, 11) is 0. The Balaban J connectivity index is 0.850. The molecule has 2 aromatic rings. The summed E-state index contributed by atoms with van der Waals surface area (Å²) in [6, 6.07) is 0.631. The molecular formula is C25H28F4N6O. The van der Waals surface area contributed by atoms with Gasteiger partial charge in [-0.3, -0.25) is 4.98 Å². The Morgan fingerprint density at radius 2 is 1.56 bits per heavy atom. The van der Waals surface area contributed by atoms with Gasteiger partial charge < -0.3 is 14.8 Å². The predicted octanol–water partition coefficient (Wildman–Crippen LogP) is 4.49. The summed E-state index contributed by atoms with van der Waals surface area (Å²) >= 11 is 0. The van der Waals surface area contributed by atoms with Crippen molar-refractivity contribution in [1.82, 2.24) is 30.0 Å². The van der Waals surface area contributed by atoms with Gasteiger partial charge in [0.05, 0.1) is 11.3 Å². The third-order valence-corrected chi connectivity index (χ3v) is 9.05. The average Bonchev–Trinajstić information content (AvgIpc) is 3.44. The van der Waals surface area contributed by atoms with E-state index in [1.807, 2.05) is 9.80 Å². The zero-order chi connectivity index (χ0) is 24.9. The molecule has 7 rings (SSSR count). The molecule has 0 radical (unpaired) electrons. The lowest BCUT2D eigenvalue weighted by atomic mass is 9.56. The summed E-state index contributed by atoms with van der Waals surface area (Å²) in [6.45, 7) is 3.02. The number of hydrogen-bond donors (Lipinski definition) is 1. The molecule has 5 fully saturated rings. The number of carbonyl (C=O) groups is 1. The molecule has 2 aliphatic heterocycles. The highest BCUT2D eigenvalue weighted by atomic mass is 19.4. The SMILES string of the molecule is O=C(N1CC2(CC(Cc3ncc(C(F)(F)F)cc3F)C2)C1)N1CC2(CC(c3nnc(C4CC4)[nH]3)C2)C1. The number of aromatic amines is 1. The van der Waals surface area contributed by atoms with Gasteiger partial charge >= 0.3 is 12.2 Å². The monoisotopic (exact) mass is 504 g/mol. The van der Waals surface area contributed by atoms with Crippen LogP contribution >= 0.6 is 0 Å². The first-order valence-electron chi connectivity index (χ1n) is 12.8. The molecule has 36 heavy (non-hydrogen) atoms. The van der Waals surface area contributed by atoms with Crippen molar-refractivity contribution >= 4 is 6.03 Å². The smallest absolute Gasteiger partial charge is 0.328 e. The molecule has 3 aliphatic carbocycles. The first-order valence-corrected chi connectivity index (χ1v) is 12.8. The summed E-state index contributed by atoms with van der Waals surface area (Å²) in [6.07, 6.45) is 2.66. The first kappa shape index (κ1) is 22.5. The average molecular weight is 505 g/mol. The minimum Gasteiger partial charge on any atom is -0.328 e. The van der Waals surface area contributed by atoms with Crippen molar-refractivity contribution in [2.24, 2.45) is 16.7 Å². The Morgan fingerprint density at radius 1 is 0.972 bits per heavy atom. The molecule has 0 unspecified atom stereocenters. The molecule has 0 bridgehead atoms. The maximum Gasteiger partial charge on any atom is 0.417 e. The Labute approximate surface area is 205 Å². The number of urea groups is 1. The number of H-pyrrole nitrogens is 1. The van der Waals surface area contributed by atoms with E-state index < -0.39 is 17.6 Å².